The van der Waals surface area contributed by atoms with Crippen LogP contribution in [0.15, 0.2) is 23.8 Å². The average molecular weight is 313 g/mol. The first kappa shape index (κ1) is 17.1. The van der Waals surface area contributed by atoms with E-state index in [0.29, 0.717) is 5.57 Å². The monoisotopic (exact) mass is 313 g/mol. The molecule has 1 heterocycles. The number of nitrogens with zero attached hydrogens (tertiary/aromatic N) is 1. The zero-order valence-electron chi connectivity index (χ0n) is 11.7. The lowest BCUT2D eigenvalue weighted by Crippen LogP contribution is -2.59. The van der Waals surface area contributed by atoms with Crippen LogP contribution in [0.2, 0.25) is 0 Å². The molecule has 0 aromatic heterocycles. The van der Waals surface area contributed by atoms with Crippen molar-refractivity contribution in [2.45, 2.75) is 49.3 Å². The Morgan fingerprint density at radius 2 is 2.00 bits per heavy atom. The number of hydrogen-bond acceptors (Lipinski definition) is 8. The summed E-state index contributed by atoms with van der Waals surface area (Å²) < 4.78 is 10.8. The van der Waals surface area contributed by atoms with Crippen molar-refractivity contribution < 1.29 is 35.0 Å². The highest BCUT2D eigenvalue weighted by Crippen LogP contribution is 2.28. The fraction of sp³-hybridized carbons (Fsp3) is 0.643. The van der Waals surface area contributed by atoms with Crippen LogP contribution in [-0.2, 0) is 9.47 Å². The van der Waals surface area contributed by atoms with Gasteiger partial charge in [-0.1, -0.05) is 12.2 Å². The molecular weight excluding hydrogens is 294 g/mol. The highest BCUT2D eigenvalue weighted by molar-refractivity contribution is 5.32. The van der Waals surface area contributed by atoms with Gasteiger partial charge in [0.2, 0.25) is 0 Å². The molecule has 2 rings (SSSR count). The summed E-state index contributed by atoms with van der Waals surface area (Å²) in [4.78, 5) is 0. The van der Waals surface area contributed by atoms with Gasteiger partial charge in [0.15, 0.2) is 6.29 Å². The van der Waals surface area contributed by atoms with Crippen LogP contribution in [0.5, 0.6) is 0 Å². The fourth-order valence-electron chi connectivity index (χ4n) is 2.45. The van der Waals surface area contributed by atoms with E-state index in [1.165, 1.54) is 18.2 Å². The maximum Gasteiger partial charge on any atom is 0.187 e. The van der Waals surface area contributed by atoms with Gasteiger partial charge in [0.25, 0.3) is 0 Å². The number of aliphatic hydroxyl groups is 5. The highest BCUT2D eigenvalue weighted by Gasteiger charge is 2.45. The standard InChI is InChI=1S/C14H19NO7/c15-4-3-7-1-2-8(17)5-9(7)21-14-13(20)12(19)11(18)10(6-16)22-14/h1-3,8-14,16-20H,5-6H2/t8-,9+,10+,11+,12-,13+,14+/m0/s1. The number of ether oxygens (including phenoxy) is 2. The van der Waals surface area contributed by atoms with Crippen molar-refractivity contribution in [3.8, 4) is 6.07 Å². The molecule has 1 aliphatic carbocycles. The summed E-state index contributed by atoms with van der Waals surface area (Å²) in [5.41, 5.74) is 0.491. The zero-order valence-corrected chi connectivity index (χ0v) is 11.7. The molecule has 1 saturated heterocycles. The minimum Gasteiger partial charge on any atom is -0.394 e. The van der Waals surface area contributed by atoms with E-state index in [4.69, 9.17) is 19.8 Å². The van der Waals surface area contributed by atoms with E-state index in [1.807, 2.05) is 6.07 Å². The smallest absolute Gasteiger partial charge is 0.187 e. The Labute approximate surface area is 127 Å². The second kappa shape index (κ2) is 7.30. The Balaban J connectivity index is 2.12. The van der Waals surface area contributed by atoms with Gasteiger partial charge in [0, 0.05) is 12.5 Å². The minimum atomic E-state index is -1.54. The largest absolute Gasteiger partial charge is 0.394 e. The number of nitriles is 1. The van der Waals surface area contributed by atoms with Gasteiger partial charge < -0.3 is 35.0 Å². The number of hydrogen-bond donors (Lipinski definition) is 5. The van der Waals surface area contributed by atoms with Gasteiger partial charge in [0.05, 0.1) is 24.9 Å². The lowest BCUT2D eigenvalue weighted by Gasteiger charge is -2.41. The quantitative estimate of drug-likeness (QED) is 0.374. The molecule has 0 radical (unpaired) electrons. The molecule has 0 unspecified atom stereocenters. The van der Waals surface area contributed by atoms with E-state index in [9.17, 15) is 20.4 Å². The predicted molar refractivity (Wildman–Crippen MR) is 72.1 cm³/mol. The number of rotatable bonds is 3. The van der Waals surface area contributed by atoms with Gasteiger partial charge in [-0.3, -0.25) is 0 Å². The van der Waals surface area contributed by atoms with Crippen LogP contribution in [0, 0.1) is 11.3 Å². The molecule has 0 aromatic rings. The molecule has 1 aliphatic heterocycles. The second-order valence-electron chi connectivity index (χ2n) is 5.26. The van der Waals surface area contributed by atoms with Gasteiger partial charge in [-0.15, -0.1) is 0 Å². The molecule has 2 aliphatic rings. The fourth-order valence-corrected chi connectivity index (χ4v) is 2.45. The molecule has 7 atom stereocenters. The van der Waals surface area contributed by atoms with Crippen molar-refractivity contribution >= 4 is 0 Å². The number of allylic oxidation sites excluding steroid dienone is 1. The normalized spacial score (nSPS) is 44.0. The maximum atomic E-state index is 9.93. The molecule has 8 nitrogen and oxygen atoms in total. The van der Waals surface area contributed by atoms with E-state index in [1.54, 1.807) is 0 Å². The lowest BCUT2D eigenvalue weighted by molar-refractivity contribution is -0.309. The Morgan fingerprint density at radius 3 is 2.64 bits per heavy atom. The van der Waals surface area contributed by atoms with E-state index in [0.717, 1.165) is 0 Å². The van der Waals surface area contributed by atoms with Crippen molar-refractivity contribution in [1.82, 2.24) is 0 Å². The Kier molecular flexibility index (Phi) is 5.66. The summed E-state index contributed by atoms with van der Waals surface area (Å²) in [6, 6.07) is 1.86. The van der Waals surface area contributed by atoms with E-state index in [-0.39, 0.29) is 6.42 Å². The van der Waals surface area contributed by atoms with E-state index < -0.39 is 49.5 Å². The van der Waals surface area contributed by atoms with Crippen molar-refractivity contribution in [2.24, 2.45) is 0 Å². The Morgan fingerprint density at radius 1 is 1.27 bits per heavy atom. The molecular formula is C14H19NO7. The Hall–Kier alpha value is -1.31. The van der Waals surface area contributed by atoms with Gasteiger partial charge in [0.1, 0.15) is 24.4 Å². The third-order valence-corrected chi connectivity index (χ3v) is 3.72. The number of aliphatic hydroxyl groups excluding tert-OH is 5. The molecule has 1 fully saturated rings. The summed E-state index contributed by atoms with van der Waals surface area (Å²) in [6.45, 7) is -0.557. The summed E-state index contributed by atoms with van der Waals surface area (Å²) >= 11 is 0. The SMILES string of the molecule is N#CC=C1C=C[C@H](O)C[C@H]1O[C@@H]1O[C@H](CO)[C@@H](O)[C@H](O)[C@H]1O. The van der Waals surface area contributed by atoms with Gasteiger partial charge in [-0.05, 0) is 5.57 Å². The van der Waals surface area contributed by atoms with Crippen molar-refractivity contribution in [2.75, 3.05) is 6.61 Å². The first-order valence-corrected chi connectivity index (χ1v) is 6.89. The van der Waals surface area contributed by atoms with Crippen molar-refractivity contribution in [3.63, 3.8) is 0 Å². The third-order valence-electron chi connectivity index (χ3n) is 3.72. The van der Waals surface area contributed by atoms with Gasteiger partial charge in [-0.2, -0.15) is 5.26 Å². The molecule has 0 spiro atoms. The molecule has 0 aromatic carbocycles. The average Bonchev–Trinajstić information content (AvgIpc) is 2.50. The van der Waals surface area contributed by atoms with Crippen LogP contribution >= 0.6 is 0 Å². The maximum absolute atomic E-state index is 9.93. The summed E-state index contributed by atoms with van der Waals surface area (Å²) in [5, 5.41) is 56.9. The molecule has 122 valence electrons. The topological polar surface area (TPSA) is 143 Å². The van der Waals surface area contributed by atoms with Crippen molar-refractivity contribution in [1.29, 1.82) is 5.26 Å². The van der Waals surface area contributed by atoms with Crippen molar-refractivity contribution in [3.05, 3.63) is 23.8 Å². The molecule has 8 heteroatoms. The second-order valence-corrected chi connectivity index (χ2v) is 5.26. The minimum absolute atomic E-state index is 0.152. The zero-order chi connectivity index (χ0) is 16.3. The molecule has 0 amide bonds. The van der Waals surface area contributed by atoms with E-state index in [2.05, 4.69) is 0 Å². The first-order chi connectivity index (χ1) is 10.5. The molecule has 22 heavy (non-hydrogen) atoms. The predicted octanol–water partition coefficient (Wildman–Crippen LogP) is -2.06. The van der Waals surface area contributed by atoms with Gasteiger partial charge >= 0.3 is 0 Å². The van der Waals surface area contributed by atoms with Crippen LogP contribution in [0.25, 0.3) is 0 Å². The van der Waals surface area contributed by atoms with Crippen LogP contribution in [-0.4, -0.2) is 75.1 Å². The first-order valence-electron chi connectivity index (χ1n) is 6.89. The molecule has 0 bridgehead atoms. The van der Waals surface area contributed by atoms with Crippen LogP contribution in [0.3, 0.4) is 0 Å². The summed E-state index contributed by atoms with van der Waals surface area (Å²) in [5.74, 6) is 0. The molecule has 5 N–H and O–H groups in total. The summed E-state index contributed by atoms with van der Waals surface area (Å²) in [7, 11) is 0. The van der Waals surface area contributed by atoms with E-state index >= 15 is 0 Å². The summed E-state index contributed by atoms with van der Waals surface area (Å²) in [6.07, 6.45) is -3.96. The van der Waals surface area contributed by atoms with Gasteiger partial charge in [-0.25, -0.2) is 0 Å². The van der Waals surface area contributed by atoms with Crippen LogP contribution < -0.4 is 0 Å². The Bertz CT molecular complexity index is 484. The third kappa shape index (κ3) is 3.53. The lowest BCUT2D eigenvalue weighted by atomic mass is 9.95. The van der Waals surface area contributed by atoms with Crippen LogP contribution in [0.1, 0.15) is 6.42 Å². The highest BCUT2D eigenvalue weighted by atomic mass is 16.7. The molecule has 0 saturated carbocycles. The van der Waals surface area contributed by atoms with Crippen LogP contribution in [0.4, 0.5) is 0 Å².